The Labute approximate surface area is 150 Å². The molecular formula is C19H19BrO4. The highest BCUT2D eigenvalue weighted by Crippen LogP contribution is 2.28. The van der Waals surface area contributed by atoms with Crippen LogP contribution in [0.5, 0.6) is 17.2 Å². The lowest BCUT2D eigenvalue weighted by Crippen LogP contribution is -1.99. The van der Waals surface area contributed by atoms with E-state index >= 15 is 0 Å². The highest BCUT2D eigenvalue weighted by molar-refractivity contribution is 9.09. The molecule has 5 heteroatoms. The van der Waals surface area contributed by atoms with Crippen molar-refractivity contribution >= 4 is 27.8 Å². The van der Waals surface area contributed by atoms with Gasteiger partial charge in [0, 0.05) is 10.9 Å². The van der Waals surface area contributed by atoms with Crippen LogP contribution in [-0.2, 0) is 0 Å². The third-order valence-corrected chi connectivity index (χ3v) is 3.64. The fourth-order valence-corrected chi connectivity index (χ4v) is 2.26. The Morgan fingerprint density at radius 2 is 1.75 bits per heavy atom. The summed E-state index contributed by atoms with van der Waals surface area (Å²) < 4.78 is 15.9. The number of alkyl halides is 1. The molecule has 24 heavy (non-hydrogen) atoms. The van der Waals surface area contributed by atoms with E-state index in [4.69, 9.17) is 14.2 Å². The van der Waals surface area contributed by atoms with Gasteiger partial charge in [-0.15, -0.1) is 0 Å². The Bertz CT molecular complexity index is 708. The average molecular weight is 391 g/mol. The maximum absolute atomic E-state index is 12.2. The molecule has 0 unspecified atom stereocenters. The third-order valence-electron chi connectivity index (χ3n) is 3.32. The Morgan fingerprint density at radius 1 is 1.04 bits per heavy atom. The molecule has 0 aromatic heterocycles. The number of hydrogen-bond acceptors (Lipinski definition) is 4. The van der Waals surface area contributed by atoms with Gasteiger partial charge in [0.25, 0.3) is 0 Å². The predicted molar refractivity (Wildman–Crippen MR) is 98.6 cm³/mol. The van der Waals surface area contributed by atoms with Crippen LogP contribution in [0.1, 0.15) is 15.9 Å². The smallest absolute Gasteiger partial charge is 0.185 e. The zero-order valence-electron chi connectivity index (χ0n) is 13.6. The number of rotatable bonds is 8. The topological polar surface area (TPSA) is 44.8 Å². The fourth-order valence-electron chi connectivity index (χ4n) is 2.10. The molecule has 0 fully saturated rings. The summed E-state index contributed by atoms with van der Waals surface area (Å²) in [6.07, 6.45) is 3.29. The van der Waals surface area contributed by atoms with Crippen molar-refractivity contribution in [1.29, 1.82) is 0 Å². The van der Waals surface area contributed by atoms with Gasteiger partial charge >= 0.3 is 0 Å². The second kappa shape index (κ2) is 9.13. The number of ketones is 1. The van der Waals surface area contributed by atoms with Crippen LogP contribution in [0.15, 0.2) is 48.5 Å². The van der Waals surface area contributed by atoms with E-state index in [1.165, 1.54) is 6.08 Å². The van der Waals surface area contributed by atoms with Gasteiger partial charge in [0.1, 0.15) is 5.75 Å². The molecule has 0 atom stereocenters. The van der Waals surface area contributed by atoms with E-state index in [2.05, 4.69) is 15.9 Å². The van der Waals surface area contributed by atoms with Crippen LogP contribution >= 0.6 is 15.9 Å². The molecule has 4 nitrogen and oxygen atoms in total. The molecule has 0 radical (unpaired) electrons. The zero-order chi connectivity index (χ0) is 17.4. The highest BCUT2D eigenvalue weighted by Gasteiger charge is 2.05. The lowest BCUT2D eigenvalue weighted by atomic mass is 10.1. The van der Waals surface area contributed by atoms with Crippen LogP contribution in [0.3, 0.4) is 0 Å². The average Bonchev–Trinajstić information content (AvgIpc) is 2.64. The molecule has 0 aliphatic carbocycles. The molecule has 0 saturated heterocycles. The van der Waals surface area contributed by atoms with Gasteiger partial charge < -0.3 is 14.2 Å². The molecular weight excluding hydrogens is 372 g/mol. The van der Waals surface area contributed by atoms with Crippen LogP contribution in [-0.4, -0.2) is 31.9 Å². The van der Waals surface area contributed by atoms with E-state index < -0.39 is 0 Å². The van der Waals surface area contributed by atoms with Crippen molar-refractivity contribution in [2.24, 2.45) is 0 Å². The molecule has 0 amide bonds. The standard InChI is InChI=1S/C19H19BrO4/c1-22-18-10-4-14(13-19(18)23-2)3-9-17(21)15-5-7-16(8-6-15)24-12-11-20/h3-10,13H,11-12H2,1-2H3. The van der Waals surface area contributed by atoms with Crippen LogP contribution < -0.4 is 14.2 Å². The van der Waals surface area contributed by atoms with E-state index in [0.29, 0.717) is 23.7 Å². The number of hydrogen-bond donors (Lipinski definition) is 0. The predicted octanol–water partition coefficient (Wildman–Crippen LogP) is 4.37. The first-order valence-corrected chi connectivity index (χ1v) is 8.53. The number of ether oxygens (including phenoxy) is 3. The maximum atomic E-state index is 12.2. The van der Waals surface area contributed by atoms with Gasteiger partial charge in [-0.05, 0) is 48.0 Å². The Balaban J connectivity index is 2.07. The second-order valence-electron chi connectivity index (χ2n) is 4.87. The Kier molecular flexibility index (Phi) is 6.88. The largest absolute Gasteiger partial charge is 0.493 e. The first-order valence-electron chi connectivity index (χ1n) is 7.41. The number of carbonyl (C=O) groups excluding carboxylic acids is 1. The third kappa shape index (κ3) is 4.86. The summed E-state index contributed by atoms with van der Waals surface area (Å²) >= 11 is 3.30. The van der Waals surface area contributed by atoms with Crippen molar-refractivity contribution in [3.8, 4) is 17.2 Å². The summed E-state index contributed by atoms with van der Waals surface area (Å²) in [6, 6.07) is 12.6. The SMILES string of the molecule is COc1ccc(C=CC(=O)c2ccc(OCCBr)cc2)cc1OC. The number of allylic oxidation sites excluding steroid dienone is 1. The van der Waals surface area contributed by atoms with Gasteiger partial charge in [-0.2, -0.15) is 0 Å². The van der Waals surface area contributed by atoms with E-state index in [0.717, 1.165) is 16.6 Å². The molecule has 0 heterocycles. The number of benzene rings is 2. The Hall–Kier alpha value is -2.27. The monoisotopic (exact) mass is 390 g/mol. The summed E-state index contributed by atoms with van der Waals surface area (Å²) in [6.45, 7) is 0.590. The summed E-state index contributed by atoms with van der Waals surface area (Å²) in [5, 5.41) is 0.766. The number of methoxy groups -OCH3 is 2. The van der Waals surface area contributed by atoms with E-state index in [9.17, 15) is 4.79 Å². The van der Waals surface area contributed by atoms with Crippen LogP contribution in [0, 0.1) is 0 Å². The number of carbonyl (C=O) groups is 1. The van der Waals surface area contributed by atoms with Crippen molar-refractivity contribution in [1.82, 2.24) is 0 Å². The molecule has 2 rings (SSSR count). The molecule has 0 bridgehead atoms. The quantitative estimate of drug-likeness (QED) is 0.381. The summed E-state index contributed by atoms with van der Waals surface area (Å²) in [4.78, 5) is 12.2. The van der Waals surface area contributed by atoms with Gasteiger partial charge in [-0.1, -0.05) is 28.1 Å². The van der Waals surface area contributed by atoms with Crippen molar-refractivity contribution in [3.63, 3.8) is 0 Å². The molecule has 2 aromatic carbocycles. The molecule has 0 aliphatic rings. The van der Waals surface area contributed by atoms with Gasteiger partial charge in [0.15, 0.2) is 17.3 Å². The zero-order valence-corrected chi connectivity index (χ0v) is 15.2. The maximum Gasteiger partial charge on any atom is 0.185 e. The van der Waals surface area contributed by atoms with E-state index in [-0.39, 0.29) is 5.78 Å². The Morgan fingerprint density at radius 3 is 2.38 bits per heavy atom. The summed E-state index contributed by atoms with van der Waals surface area (Å²) in [7, 11) is 3.16. The van der Waals surface area contributed by atoms with Crippen LogP contribution in [0.4, 0.5) is 0 Å². The minimum atomic E-state index is -0.0724. The number of halogens is 1. The van der Waals surface area contributed by atoms with Gasteiger partial charge in [0.2, 0.25) is 0 Å². The van der Waals surface area contributed by atoms with E-state index in [1.54, 1.807) is 50.6 Å². The van der Waals surface area contributed by atoms with Crippen LogP contribution in [0.2, 0.25) is 0 Å². The minimum absolute atomic E-state index is 0.0724. The molecule has 0 spiro atoms. The van der Waals surface area contributed by atoms with Crippen molar-refractivity contribution in [2.75, 3.05) is 26.2 Å². The first-order chi connectivity index (χ1) is 11.7. The van der Waals surface area contributed by atoms with Gasteiger partial charge in [-0.3, -0.25) is 4.79 Å². The lowest BCUT2D eigenvalue weighted by Gasteiger charge is -2.07. The van der Waals surface area contributed by atoms with Crippen molar-refractivity contribution in [3.05, 3.63) is 59.7 Å². The van der Waals surface area contributed by atoms with Gasteiger partial charge in [-0.25, -0.2) is 0 Å². The molecule has 2 aromatic rings. The summed E-state index contributed by atoms with van der Waals surface area (Å²) in [5.74, 6) is 1.95. The molecule has 0 aliphatic heterocycles. The molecule has 126 valence electrons. The van der Waals surface area contributed by atoms with E-state index in [1.807, 2.05) is 12.1 Å². The summed E-state index contributed by atoms with van der Waals surface area (Å²) in [5.41, 5.74) is 1.47. The van der Waals surface area contributed by atoms with Gasteiger partial charge in [0.05, 0.1) is 20.8 Å². The fraction of sp³-hybridized carbons (Fsp3) is 0.211. The van der Waals surface area contributed by atoms with Crippen LogP contribution in [0.25, 0.3) is 6.08 Å². The highest BCUT2D eigenvalue weighted by atomic mass is 79.9. The van der Waals surface area contributed by atoms with Crippen molar-refractivity contribution < 1.29 is 19.0 Å². The normalized spacial score (nSPS) is 10.6. The molecule has 0 N–H and O–H groups in total. The minimum Gasteiger partial charge on any atom is -0.493 e. The van der Waals surface area contributed by atoms with Crippen molar-refractivity contribution in [2.45, 2.75) is 0 Å². The second-order valence-corrected chi connectivity index (χ2v) is 5.67. The first kappa shape index (κ1) is 18.1. The molecule has 0 saturated carbocycles. The lowest BCUT2D eigenvalue weighted by molar-refractivity contribution is 0.104.